The topological polar surface area (TPSA) is 57.6 Å². The van der Waals surface area contributed by atoms with E-state index in [-0.39, 0.29) is 5.75 Å². The predicted octanol–water partition coefficient (Wildman–Crippen LogP) is 1.74. The van der Waals surface area contributed by atoms with E-state index in [9.17, 15) is 13.5 Å². The maximum absolute atomic E-state index is 11.0. The highest BCUT2D eigenvalue weighted by Gasteiger charge is 2.13. The van der Waals surface area contributed by atoms with Gasteiger partial charge in [0.1, 0.15) is 9.84 Å². The molecule has 0 fully saturated rings. The van der Waals surface area contributed by atoms with Gasteiger partial charge in [0.25, 0.3) is 0 Å². The second kappa shape index (κ2) is 7.24. The Morgan fingerprint density at radius 2 is 2.00 bits per heavy atom. The Morgan fingerprint density at radius 1 is 1.37 bits per heavy atom. The summed E-state index contributed by atoms with van der Waals surface area (Å²) in [4.78, 5) is 1.90. The molecule has 108 valence electrons. The molecule has 0 saturated heterocycles. The van der Waals surface area contributed by atoms with Crippen molar-refractivity contribution in [3.8, 4) is 0 Å². The number of likely N-dealkylation sites (N-methyl/N-ethyl adjacent to an activating group) is 1. The first-order chi connectivity index (χ1) is 8.79. The van der Waals surface area contributed by atoms with Gasteiger partial charge in [-0.05, 0) is 26.1 Å². The minimum atomic E-state index is -2.92. The molecule has 0 aromatic heterocycles. The number of halogens is 1. The zero-order valence-corrected chi connectivity index (χ0v) is 12.8. The van der Waals surface area contributed by atoms with Gasteiger partial charge in [0.05, 0.1) is 11.9 Å². The highest BCUT2D eigenvalue weighted by molar-refractivity contribution is 7.90. The van der Waals surface area contributed by atoms with Gasteiger partial charge in [-0.2, -0.15) is 0 Å². The number of aliphatic hydroxyl groups excluding tert-OH is 1. The molecule has 0 saturated carbocycles. The molecule has 6 heteroatoms. The Balaban J connectivity index is 2.44. The van der Waals surface area contributed by atoms with Crippen LogP contribution in [0.1, 0.15) is 18.1 Å². The zero-order chi connectivity index (χ0) is 14.5. The summed E-state index contributed by atoms with van der Waals surface area (Å²) in [7, 11) is -1.07. The third-order valence-corrected chi connectivity index (χ3v) is 4.18. The summed E-state index contributed by atoms with van der Waals surface area (Å²) in [6.07, 6.45) is 1.12. The fourth-order valence-corrected chi connectivity index (χ4v) is 2.74. The normalized spacial score (nSPS) is 13.7. The molecule has 4 nitrogen and oxygen atoms in total. The number of sulfone groups is 1. The van der Waals surface area contributed by atoms with Crippen LogP contribution in [0.3, 0.4) is 0 Å². The zero-order valence-electron chi connectivity index (χ0n) is 11.2. The Labute approximate surface area is 119 Å². The molecule has 1 rings (SSSR count). The largest absolute Gasteiger partial charge is 0.387 e. The number of rotatable bonds is 7. The Kier molecular flexibility index (Phi) is 6.26. The van der Waals surface area contributed by atoms with Crippen LogP contribution in [0.5, 0.6) is 0 Å². The molecule has 0 radical (unpaired) electrons. The first-order valence-electron chi connectivity index (χ1n) is 6.08. The Bertz CT molecular complexity index is 504. The molecular weight excluding hydrogens is 286 g/mol. The lowest BCUT2D eigenvalue weighted by Gasteiger charge is -2.21. The van der Waals surface area contributed by atoms with Crippen molar-refractivity contribution in [2.75, 3.05) is 32.1 Å². The maximum Gasteiger partial charge on any atom is 0.147 e. The summed E-state index contributed by atoms with van der Waals surface area (Å²) in [6, 6.07) is 7.17. The number of aliphatic hydroxyl groups is 1. The van der Waals surface area contributed by atoms with E-state index in [1.807, 2.05) is 24.1 Å². The molecule has 1 N–H and O–H groups in total. The molecule has 1 unspecified atom stereocenters. The standard InChI is InChI=1S/C13H20ClNO3S/c1-15(8-5-9-19(2,17)18)10-13(16)11-6-3-4-7-12(11)14/h3-4,6-7,13,16H,5,8-10H2,1-2H3. The van der Waals surface area contributed by atoms with E-state index in [1.165, 1.54) is 6.26 Å². The van der Waals surface area contributed by atoms with Gasteiger partial charge in [-0.25, -0.2) is 8.42 Å². The Morgan fingerprint density at radius 3 is 2.58 bits per heavy atom. The van der Waals surface area contributed by atoms with Crippen molar-refractivity contribution in [2.24, 2.45) is 0 Å². The average Bonchev–Trinajstić information content (AvgIpc) is 2.27. The van der Waals surface area contributed by atoms with Crippen molar-refractivity contribution in [1.29, 1.82) is 0 Å². The number of nitrogens with zero attached hydrogens (tertiary/aromatic N) is 1. The van der Waals surface area contributed by atoms with Gasteiger partial charge >= 0.3 is 0 Å². The second-order valence-electron chi connectivity index (χ2n) is 4.78. The minimum Gasteiger partial charge on any atom is -0.387 e. The summed E-state index contributed by atoms with van der Waals surface area (Å²) in [5, 5.41) is 10.6. The van der Waals surface area contributed by atoms with Crippen LogP contribution in [0, 0.1) is 0 Å². The summed E-state index contributed by atoms with van der Waals surface area (Å²) in [5.74, 6) is 0.166. The van der Waals surface area contributed by atoms with Gasteiger partial charge in [0.2, 0.25) is 0 Å². The number of benzene rings is 1. The molecule has 0 bridgehead atoms. The molecular formula is C13H20ClNO3S. The molecule has 0 aliphatic carbocycles. The lowest BCUT2D eigenvalue weighted by Crippen LogP contribution is -2.27. The molecule has 0 aliphatic rings. The highest BCUT2D eigenvalue weighted by atomic mass is 35.5. The van der Waals surface area contributed by atoms with Crippen molar-refractivity contribution in [2.45, 2.75) is 12.5 Å². The number of hydrogen-bond acceptors (Lipinski definition) is 4. The van der Waals surface area contributed by atoms with Crippen molar-refractivity contribution in [3.05, 3.63) is 34.9 Å². The highest BCUT2D eigenvalue weighted by Crippen LogP contribution is 2.22. The summed E-state index contributed by atoms with van der Waals surface area (Å²) >= 11 is 6.01. The van der Waals surface area contributed by atoms with E-state index in [0.717, 1.165) is 0 Å². The van der Waals surface area contributed by atoms with E-state index in [1.54, 1.807) is 12.1 Å². The van der Waals surface area contributed by atoms with Gasteiger partial charge in [0.15, 0.2) is 0 Å². The lowest BCUT2D eigenvalue weighted by molar-refractivity contribution is 0.127. The van der Waals surface area contributed by atoms with E-state index in [2.05, 4.69) is 0 Å². The van der Waals surface area contributed by atoms with Crippen molar-refractivity contribution in [1.82, 2.24) is 4.90 Å². The van der Waals surface area contributed by atoms with E-state index >= 15 is 0 Å². The van der Waals surface area contributed by atoms with Crippen molar-refractivity contribution >= 4 is 21.4 Å². The molecule has 1 aromatic rings. The molecule has 0 spiro atoms. The molecule has 0 aliphatic heterocycles. The van der Waals surface area contributed by atoms with E-state index in [0.29, 0.717) is 30.1 Å². The fraction of sp³-hybridized carbons (Fsp3) is 0.538. The lowest BCUT2D eigenvalue weighted by atomic mass is 10.1. The SMILES string of the molecule is CN(CCCS(C)(=O)=O)CC(O)c1ccccc1Cl. The smallest absolute Gasteiger partial charge is 0.147 e. The van der Waals surface area contributed by atoms with Crippen LogP contribution >= 0.6 is 11.6 Å². The molecule has 0 heterocycles. The van der Waals surface area contributed by atoms with Crippen molar-refractivity contribution in [3.63, 3.8) is 0 Å². The molecule has 0 amide bonds. The minimum absolute atomic E-state index is 0.166. The quantitative estimate of drug-likeness (QED) is 0.833. The molecule has 1 atom stereocenters. The Hall–Kier alpha value is -0.620. The maximum atomic E-state index is 11.0. The fourth-order valence-electron chi connectivity index (χ4n) is 1.83. The van der Waals surface area contributed by atoms with Crippen LogP contribution in [0.2, 0.25) is 5.02 Å². The first-order valence-corrected chi connectivity index (χ1v) is 8.52. The van der Waals surface area contributed by atoms with E-state index < -0.39 is 15.9 Å². The first kappa shape index (κ1) is 16.4. The van der Waals surface area contributed by atoms with Crippen LogP contribution in [-0.2, 0) is 9.84 Å². The van der Waals surface area contributed by atoms with Gasteiger partial charge in [-0.3, -0.25) is 0 Å². The predicted molar refractivity (Wildman–Crippen MR) is 78.2 cm³/mol. The van der Waals surface area contributed by atoms with Gasteiger partial charge in [0, 0.05) is 23.4 Å². The third-order valence-electron chi connectivity index (χ3n) is 2.80. The molecule has 1 aromatic carbocycles. The van der Waals surface area contributed by atoms with Gasteiger partial charge in [-0.1, -0.05) is 29.8 Å². The third kappa shape index (κ3) is 6.38. The summed E-state index contributed by atoms with van der Waals surface area (Å²) in [5.41, 5.74) is 0.694. The molecule has 19 heavy (non-hydrogen) atoms. The summed E-state index contributed by atoms with van der Waals surface area (Å²) in [6.45, 7) is 1.04. The van der Waals surface area contributed by atoms with Crippen LogP contribution < -0.4 is 0 Å². The van der Waals surface area contributed by atoms with Crippen LogP contribution in [0.25, 0.3) is 0 Å². The van der Waals surface area contributed by atoms with Crippen LogP contribution in [-0.4, -0.2) is 50.6 Å². The average molecular weight is 306 g/mol. The van der Waals surface area contributed by atoms with Gasteiger partial charge < -0.3 is 10.0 Å². The second-order valence-corrected chi connectivity index (χ2v) is 7.45. The number of hydrogen-bond donors (Lipinski definition) is 1. The van der Waals surface area contributed by atoms with Gasteiger partial charge in [-0.15, -0.1) is 0 Å². The van der Waals surface area contributed by atoms with Crippen LogP contribution in [0.15, 0.2) is 24.3 Å². The van der Waals surface area contributed by atoms with Crippen LogP contribution in [0.4, 0.5) is 0 Å². The summed E-state index contributed by atoms with van der Waals surface area (Å²) < 4.78 is 22.0. The van der Waals surface area contributed by atoms with E-state index in [4.69, 9.17) is 11.6 Å². The van der Waals surface area contributed by atoms with Crippen molar-refractivity contribution < 1.29 is 13.5 Å². The monoisotopic (exact) mass is 305 g/mol.